The van der Waals surface area contributed by atoms with Gasteiger partial charge in [-0.2, -0.15) is 0 Å². The van der Waals surface area contributed by atoms with Gasteiger partial charge in [0.2, 0.25) is 0 Å². The van der Waals surface area contributed by atoms with Gasteiger partial charge in [-0.25, -0.2) is 9.37 Å². The summed E-state index contributed by atoms with van der Waals surface area (Å²) in [6.45, 7) is 0.956. The lowest BCUT2D eigenvalue weighted by Gasteiger charge is -2.11. The lowest BCUT2D eigenvalue weighted by Crippen LogP contribution is -2.21. The van der Waals surface area contributed by atoms with Crippen LogP contribution >= 0.6 is 0 Å². The van der Waals surface area contributed by atoms with E-state index in [2.05, 4.69) is 15.3 Å². The Balaban J connectivity index is 1.81. The molecule has 0 amide bonds. The fraction of sp³-hybridized carbons (Fsp3) is 0.250. The number of rotatable bonds is 5. The van der Waals surface area contributed by atoms with Gasteiger partial charge in [0.25, 0.3) is 0 Å². The molecule has 1 atom stereocenters. The summed E-state index contributed by atoms with van der Waals surface area (Å²) in [5.74, 6) is 0.515. The summed E-state index contributed by atoms with van der Waals surface area (Å²) >= 11 is 0. The van der Waals surface area contributed by atoms with Crippen LogP contribution in [0.15, 0.2) is 36.7 Å². The van der Waals surface area contributed by atoms with Crippen LogP contribution in [0, 0.1) is 5.82 Å². The van der Waals surface area contributed by atoms with Gasteiger partial charge in [-0.1, -0.05) is 12.1 Å². The van der Waals surface area contributed by atoms with Gasteiger partial charge in [0.05, 0.1) is 12.6 Å². The van der Waals surface area contributed by atoms with Crippen LogP contribution in [0.25, 0.3) is 0 Å². The minimum Gasteiger partial charge on any atom is -0.387 e. The van der Waals surface area contributed by atoms with Crippen LogP contribution in [0.3, 0.4) is 0 Å². The summed E-state index contributed by atoms with van der Waals surface area (Å²) in [7, 11) is 0. The lowest BCUT2D eigenvalue weighted by molar-refractivity contribution is 0.174. The number of nitrogens with zero attached hydrogens (tertiary/aromatic N) is 1. The Bertz CT molecular complexity index is 441. The molecule has 1 aromatic carbocycles. The molecule has 4 nitrogen and oxygen atoms in total. The Morgan fingerprint density at radius 2 is 2.12 bits per heavy atom. The lowest BCUT2D eigenvalue weighted by atomic mass is 10.1. The van der Waals surface area contributed by atoms with Crippen molar-refractivity contribution in [3.63, 3.8) is 0 Å². The molecule has 0 aliphatic heterocycles. The van der Waals surface area contributed by atoms with E-state index < -0.39 is 6.10 Å². The van der Waals surface area contributed by atoms with Gasteiger partial charge in [-0.15, -0.1) is 0 Å². The summed E-state index contributed by atoms with van der Waals surface area (Å²) in [5.41, 5.74) is 0.693. The number of H-pyrrole nitrogens is 1. The molecule has 5 heteroatoms. The second-order valence-corrected chi connectivity index (χ2v) is 3.73. The molecule has 0 saturated carbocycles. The first-order valence-corrected chi connectivity index (χ1v) is 5.38. The normalized spacial score (nSPS) is 12.6. The maximum atomic E-state index is 12.7. The van der Waals surface area contributed by atoms with Gasteiger partial charge in [-0.3, -0.25) is 0 Å². The molecule has 1 unspecified atom stereocenters. The third-order valence-corrected chi connectivity index (χ3v) is 2.44. The fourth-order valence-corrected chi connectivity index (χ4v) is 1.52. The highest BCUT2D eigenvalue weighted by atomic mass is 19.1. The average Bonchev–Trinajstić information content (AvgIpc) is 2.83. The van der Waals surface area contributed by atoms with Gasteiger partial charge >= 0.3 is 0 Å². The molecule has 0 aliphatic rings. The molecule has 0 spiro atoms. The van der Waals surface area contributed by atoms with Crippen LogP contribution in [0.5, 0.6) is 0 Å². The van der Waals surface area contributed by atoms with E-state index in [9.17, 15) is 9.50 Å². The Kier molecular flexibility index (Phi) is 3.85. The molecule has 0 aliphatic carbocycles. The number of halogens is 1. The van der Waals surface area contributed by atoms with Gasteiger partial charge in [0.15, 0.2) is 0 Å². The number of aliphatic hydroxyl groups is 1. The van der Waals surface area contributed by atoms with Crippen LogP contribution in [-0.4, -0.2) is 21.6 Å². The van der Waals surface area contributed by atoms with Gasteiger partial charge in [0, 0.05) is 18.9 Å². The van der Waals surface area contributed by atoms with Crippen LogP contribution in [-0.2, 0) is 6.54 Å². The molecular weight excluding hydrogens is 221 g/mol. The first kappa shape index (κ1) is 11.8. The average molecular weight is 235 g/mol. The molecule has 3 N–H and O–H groups in total. The third kappa shape index (κ3) is 3.37. The second kappa shape index (κ2) is 5.56. The highest BCUT2D eigenvalue weighted by Gasteiger charge is 2.07. The van der Waals surface area contributed by atoms with E-state index in [-0.39, 0.29) is 5.82 Å². The Hall–Kier alpha value is -1.72. The number of imidazole rings is 1. The van der Waals surface area contributed by atoms with Crippen LogP contribution < -0.4 is 5.32 Å². The van der Waals surface area contributed by atoms with Crippen molar-refractivity contribution in [3.05, 3.63) is 53.9 Å². The molecule has 2 rings (SSSR count). The zero-order chi connectivity index (χ0) is 12.1. The highest BCUT2D eigenvalue weighted by Crippen LogP contribution is 2.12. The molecule has 2 aromatic rings. The van der Waals surface area contributed by atoms with Gasteiger partial charge in [0.1, 0.15) is 11.6 Å². The number of aromatic amines is 1. The smallest absolute Gasteiger partial charge is 0.123 e. The Labute approximate surface area is 98.5 Å². The maximum Gasteiger partial charge on any atom is 0.123 e. The van der Waals surface area contributed by atoms with Crippen molar-refractivity contribution in [2.45, 2.75) is 12.6 Å². The topological polar surface area (TPSA) is 60.9 Å². The van der Waals surface area contributed by atoms with Crippen molar-refractivity contribution >= 4 is 0 Å². The number of aliphatic hydroxyl groups excluding tert-OH is 1. The van der Waals surface area contributed by atoms with Gasteiger partial charge in [-0.05, 0) is 17.7 Å². The maximum absolute atomic E-state index is 12.7. The van der Waals surface area contributed by atoms with Gasteiger partial charge < -0.3 is 15.4 Å². The van der Waals surface area contributed by atoms with Crippen molar-refractivity contribution in [3.8, 4) is 0 Å². The van der Waals surface area contributed by atoms with E-state index in [0.717, 1.165) is 5.82 Å². The molecule has 0 radical (unpaired) electrons. The van der Waals surface area contributed by atoms with Crippen molar-refractivity contribution in [2.75, 3.05) is 6.54 Å². The zero-order valence-corrected chi connectivity index (χ0v) is 9.23. The highest BCUT2D eigenvalue weighted by molar-refractivity contribution is 5.18. The molecule has 1 heterocycles. The summed E-state index contributed by atoms with van der Waals surface area (Å²) in [6.07, 6.45) is 2.77. The number of hydrogen-bond donors (Lipinski definition) is 3. The SMILES string of the molecule is OC(CNCc1ncc[nH]1)c1ccc(F)cc1. The summed E-state index contributed by atoms with van der Waals surface area (Å²) < 4.78 is 12.7. The van der Waals surface area contributed by atoms with Crippen molar-refractivity contribution in [2.24, 2.45) is 0 Å². The Morgan fingerprint density at radius 1 is 1.35 bits per heavy atom. The number of benzene rings is 1. The van der Waals surface area contributed by atoms with E-state index in [1.807, 2.05) is 0 Å². The predicted molar refractivity (Wildman–Crippen MR) is 61.7 cm³/mol. The summed E-state index contributed by atoms with van der Waals surface area (Å²) in [4.78, 5) is 7.00. The molecule has 0 saturated heterocycles. The molecular formula is C12H14FN3O. The molecule has 17 heavy (non-hydrogen) atoms. The van der Waals surface area contributed by atoms with Crippen molar-refractivity contribution in [1.82, 2.24) is 15.3 Å². The summed E-state index contributed by atoms with van der Waals surface area (Å²) in [6, 6.07) is 5.83. The third-order valence-electron chi connectivity index (χ3n) is 2.44. The quantitative estimate of drug-likeness (QED) is 0.733. The molecule has 0 bridgehead atoms. The molecule has 90 valence electrons. The van der Waals surface area contributed by atoms with Crippen molar-refractivity contribution in [1.29, 1.82) is 0 Å². The minimum absolute atomic E-state index is 0.301. The summed E-state index contributed by atoms with van der Waals surface area (Å²) in [5, 5.41) is 12.9. The largest absolute Gasteiger partial charge is 0.387 e. The Morgan fingerprint density at radius 3 is 2.76 bits per heavy atom. The van der Waals surface area contributed by atoms with Crippen LogP contribution in [0.4, 0.5) is 4.39 Å². The number of hydrogen-bond acceptors (Lipinski definition) is 3. The second-order valence-electron chi connectivity index (χ2n) is 3.73. The first-order chi connectivity index (χ1) is 8.25. The zero-order valence-electron chi connectivity index (χ0n) is 9.23. The fourth-order valence-electron chi connectivity index (χ4n) is 1.52. The predicted octanol–water partition coefficient (Wildman–Crippen LogP) is 1.37. The first-order valence-electron chi connectivity index (χ1n) is 5.38. The van der Waals surface area contributed by atoms with E-state index in [0.29, 0.717) is 18.7 Å². The minimum atomic E-state index is -0.648. The van der Waals surface area contributed by atoms with E-state index in [4.69, 9.17) is 0 Å². The number of nitrogens with one attached hydrogen (secondary N) is 2. The van der Waals surface area contributed by atoms with E-state index >= 15 is 0 Å². The van der Waals surface area contributed by atoms with E-state index in [1.54, 1.807) is 24.5 Å². The van der Waals surface area contributed by atoms with Crippen LogP contribution in [0.1, 0.15) is 17.5 Å². The molecule has 1 aromatic heterocycles. The van der Waals surface area contributed by atoms with E-state index in [1.165, 1.54) is 12.1 Å². The van der Waals surface area contributed by atoms with Crippen molar-refractivity contribution < 1.29 is 9.50 Å². The monoisotopic (exact) mass is 235 g/mol. The number of aromatic nitrogens is 2. The standard InChI is InChI=1S/C12H14FN3O/c13-10-3-1-9(2-4-10)11(17)7-14-8-12-15-5-6-16-12/h1-6,11,14,17H,7-8H2,(H,15,16). The van der Waals surface area contributed by atoms with Crippen LogP contribution in [0.2, 0.25) is 0 Å². The molecule has 0 fully saturated rings.